The van der Waals surface area contributed by atoms with Crippen molar-refractivity contribution >= 4 is 12.0 Å². The van der Waals surface area contributed by atoms with Gasteiger partial charge in [0.15, 0.2) is 0 Å². The van der Waals surface area contributed by atoms with Crippen LogP contribution in [0.3, 0.4) is 0 Å². The first kappa shape index (κ1) is 20.7. The minimum absolute atomic E-state index is 0.0950. The molecule has 1 atom stereocenters. The van der Waals surface area contributed by atoms with E-state index in [9.17, 15) is 9.59 Å². The zero-order valence-electron chi connectivity index (χ0n) is 15.7. The van der Waals surface area contributed by atoms with Gasteiger partial charge in [-0.25, -0.2) is 4.79 Å². The second-order valence-corrected chi connectivity index (χ2v) is 7.25. The summed E-state index contributed by atoms with van der Waals surface area (Å²) in [7, 11) is 0. The SMILES string of the molecule is CCN(CC)C(CNC(=O)NC1CCC(C(=O)O)CC1)CC(C)C. The molecule has 0 aromatic heterocycles. The Labute approximate surface area is 146 Å². The molecule has 140 valence electrons. The summed E-state index contributed by atoms with van der Waals surface area (Å²) in [5.41, 5.74) is 0. The number of hydrogen-bond acceptors (Lipinski definition) is 3. The normalized spacial score (nSPS) is 22.4. The lowest BCUT2D eigenvalue weighted by atomic mass is 9.86. The fourth-order valence-electron chi connectivity index (χ4n) is 3.58. The Kier molecular flexibility index (Phi) is 9.11. The second kappa shape index (κ2) is 10.5. The van der Waals surface area contributed by atoms with Gasteiger partial charge in [-0.3, -0.25) is 9.69 Å². The lowest BCUT2D eigenvalue weighted by Gasteiger charge is -2.32. The molecule has 0 aliphatic heterocycles. The number of carboxylic acid groups (broad SMARTS) is 1. The van der Waals surface area contributed by atoms with Crippen LogP contribution in [0.25, 0.3) is 0 Å². The largest absolute Gasteiger partial charge is 0.481 e. The van der Waals surface area contributed by atoms with Crippen molar-refractivity contribution in [1.82, 2.24) is 15.5 Å². The summed E-state index contributed by atoms with van der Waals surface area (Å²) < 4.78 is 0. The highest BCUT2D eigenvalue weighted by molar-refractivity contribution is 5.74. The molecule has 1 saturated carbocycles. The standard InChI is InChI=1S/C18H35N3O3/c1-5-21(6-2)16(11-13(3)4)12-19-18(24)20-15-9-7-14(8-10-15)17(22)23/h13-16H,5-12H2,1-4H3,(H,22,23)(H2,19,20,24). The number of aliphatic carboxylic acids is 1. The van der Waals surface area contributed by atoms with Crippen LogP contribution in [0.2, 0.25) is 0 Å². The maximum atomic E-state index is 12.2. The van der Waals surface area contributed by atoms with E-state index in [1.54, 1.807) is 0 Å². The van der Waals surface area contributed by atoms with Crippen LogP contribution < -0.4 is 10.6 Å². The molecule has 0 heterocycles. The van der Waals surface area contributed by atoms with Crippen molar-refractivity contribution in [2.45, 2.75) is 71.9 Å². The van der Waals surface area contributed by atoms with E-state index in [1.807, 2.05) is 0 Å². The lowest BCUT2D eigenvalue weighted by molar-refractivity contribution is -0.142. The Morgan fingerprint density at radius 1 is 1.12 bits per heavy atom. The molecule has 6 nitrogen and oxygen atoms in total. The fourth-order valence-corrected chi connectivity index (χ4v) is 3.58. The van der Waals surface area contributed by atoms with Crippen molar-refractivity contribution in [2.24, 2.45) is 11.8 Å². The van der Waals surface area contributed by atoms with Gasteiger partial charge in [0.05, 0.1) is 5.92 Å². The molecular weight excluding hydrogens is 306 g/mol. The molecule has 0 aromatic carbocycles. The van der Waals surface area contributed by atoms with Gasteiger partial charge in [-0.1, -0.05) is 27.7 Å². The van der Waals surface area contributed by atoms with Crippen molar-refractivity contribution in [3.63, 3.8) is 0 Å². The highest BCUT2D eigenvalue weighted by Gasteiger charge is 2.27. The molecule has 1 aliphatic rings. The van der Waals surface area contributed by atoms with E-state index in [2.05, 4.69) is 43.2 Å². The van der Waals surface area contributed by atoms with E-state index in [4.69, 9.17) is 5.11 Å². The Balaban J connectivity index is 2.39. The monoisotopic (exact) mass is 341 g/mol. The zero-order valence-corrected chi connectivity index (χ0v) is 15.7. The minimum atomic E-state index is -0.714. The molecule has 24 heavy (non-hydrogen) atoms. The first-order valence-corrected chi connectivity index (χ1v) is 9.38. The van der Waals surface area contributed by atoms with E-state index in [0.717, 1.165) is 32.4 Å². The van der Waals surface area contributed by atoms with Crippen LogP contribution in [0.15, 0.2) is 0 Å². The molecule has 0 saturated heterocycles. The third kappa shape index (κ3) is 7.07. The summed E-state index contributed by atoms with van der Waals surface area (Å²) in [5.74, 6) is -0.371. The van der Waals surface area contributed by atoms with Crippen LogP contribution in [-0.4, -0.2) is 53.7 Å². The third-order valence-corrected chi connectivity index (χ3v) is 4.98. The van der Waals surface area contributed by atoms with Crippen LogP contribution in [0.5, 0.6) is 0 Å². The van der Waals surface area contributed by atoms with Gasteiger partial charge in [0, 0.05) is 18.6 Å². The topological polar surface area (TPSA) is 81.7 Å². The summed E-state index contributed by atoms with van der Waals surface area (Å²) in [4.78, 5) is 25.5. The molecule has 1 fully saturated rings. The predicted molar refractivity (Wildman–Crippen MR) is 96.1 cm³/mol. The van der Waals surface area contributed by atoms with Crippen LogP contribution in [0.4, 0.5) is 4.79 Å². The Morgan fingerprint density at radius 3 is 2.17 bits per heavy atom. The molecule has 6 heteroatoms. The quantitative estimate of drug-likeness (QED) is 0.602. The summed E-state index contributed by atoms with van der Waals surface area (Å²) in [6, 6.07) is 0.320. The number of carbonyl (C=O) groups is 2. The lowest BCUT2D eigenvalue weighted by Crippen LogP contribution is -2.49. The number of nitrogens with zero attached hydrogens (tertiary/aromatic N) is 1. The van der Waals surface area contributed by atoms with Gasteiger partial charge in [-0.2, -0.15) is 0 Å². The minimum Gasteiger partial charge on any atom is -0.481 e. The summed E-state index contributed by atoms with van der Waals surface area (Å²) in [5, 5.41) is 15.0. The predicted octanol–water partition coefficient (Wildman–Crippen LogP) is 2.69. The van der Waals surface area contributed by atoms with E-state index in [1.165, 1.54) is 0 Å². The molecule has 1 aliphatic carbocycles. The highest BCUT2D eigenvalue weighted by atomic mass is 16.4. The number of carbonyl (C=O) groups excluding carboxylic acids is 1. The smallest absolute Gasteiger partial charge is 0.315 e. The zero-order chi connectivity index (χ0) is 18.1. The summed E-state index contributed by atoms with van der Waals surface area (Å²) in [6.07, 6.45) is 3.85. The van der Waals surface area contributed by atoms with Crippen molar-refractivity contribution in [2.75, 3.05) is 19.6 Å². The molecule has 2 amide bonds. The number of amides is 2. The number of nitrogens with one attached hydrogen (secondary N) is 2. The highest BCUT2D eigenvalue weighted by Crippen LogP contribution is 2.24. The van der Waals surface area contributed by atoms with E-state index in [-0.39, 0.29) is 18.0 Å². The van der Waals surface area contributed by atoms with Crippen LogP contribution in [0, 0.1) is 11.8 Å². The Morgan fingerprint density at radius 2 is 1.71 bits per heavy atom. The molecule has 0 bridgehead atoms. The first-order chi connectivity index (χ1) is 11.4. The van der Waals surface area contributed by atoms with Gasteiger partial charge in [-0.15, -0.1) is 0 Å². The van der Waals surface area contributed by atoms with Crippen LogP contribution in [0.1, 0.15) is 59.8 Å². The fraction of sp³-hybridized carbons (Fsp3) is 0.889. The average Bonchev–Trinajstić information content (AvgIpc) is 2.53. The molecule has 1 rings (SSSR count). The van der Waals surface area contributed by atoms with Gasteiger partial charge >= 0.3 is 12.0 Å². The van der Waals surface area contributed by atoms with E-state index >= 15 is 0 Å². The van der Waals surface area contributed by atoms with Crippen LogP contribution >= 0.6 is 0 Å². The summed E-state index contributed by atoms with van der Waals surface area (Å²) >= 11 is 0. The first-order valence-electron chi connectivity index (χ1n) is 9.38. The van der Waals surface area contributed by atoms with E-state index < -0.39 is 5.97 Å². The second-order valence-electron chi connectivity index (χ2n) is 7.25. The molecular formula is C18H35N3O3. The molecule has 0 aromatic rings. The van der Waals surface area contributed by atoms with Gasteiger partial charge in [0.25, 0.3) is 0 Å². The van der Waals surface area contributed by atoms with Crippen molar-refractivity contribution in [1.29, 1.82) is 0 Å². The van der Waals surface area contributed by atoms with Gasteiger partial charge in [-0.05, 0) is 51.1 Å². The molecule has 0 radical (unpaired) electrons. The van der Waals surface area contributed by atoms with Crippen molar-refractivity contribution < 1.29 is 14.7 Å². The molecule has 3 N–H and O–H groups in total. The van der Waals surface area contributed by atoms with Crippen molar-refractivity contribution in [3.8, 4) is 0 Å². The maximum absolute atomic E-state index is 12.2. The van der Waals surface area contributed by atoms with Gasteiger partial charge in [0.2, 0.25) is 0 Å². The van der Waals surface area contributed by atoms with E-state index in [0.29, 0.717) is 31.3 Å². The Bertz CT molecular complexity index is 389. The molecule has 1 unspecified atom stereocenters. The number of carboxylic acids is 1. The van der Waals surface area contributed by atoms with Gasteiger partial charge < -0.3 is 15.7 Å². The summed E-state index contributed by atoms with van der Waals surface area (Å²) in [6.45, 7) is 11.3. The van der Waals surface area contributed by atoms with Crippen molar-refractivity contribution in [3.05, 3.63) is 0 Å². The number of hydrogen-bond donors (Lipinski definition) is 3. The third-order valence-electron chi connectivity index (χ3n) is 4.98. The number of urea groups is 1. The Hall–Kier alpha value is -1.30. The average molecular weight is 341 g/mol. The molecule has 0 spiro atoms. The number of rotatable bonds is 9. The number of likely N-dealkylation sites (N-methyl/N-ethyl adjacent to an activating group) is 1. The van der Waals surface area contributed by atoms with Gasteiger partial charge in [0.1, 0.15) is 0 Å². The maximum Gasteiger partial charge on any atom is 0.315 e. The van der Waals surface area contributed by atoms with Crippen LogP contribution in [-0.2, 0) is 4.79 Å².